The number of hydrogen-bond acceptors (Lipinski definition) is 6. The third-order valence-corrected chi connectivity index (χ3v) is 7.16. The normalized spacial score (nSPS) is 23.8. The summed E-state index contributed by atoms with van der Waals surface area (Å²) in [5.74, 6) is -1.26. The van der Waals surface area contributed by atoms with Crippen molar-refractivity contribution in [2.75, 3.05) is 19.6 Å². The number of hydrogen-bond donors (Lipinski definition) is 5. The van der Waals surface area contributed by atoms with E-state index >= 15 is 0 Å². The molecule has 1 atom stereocenters. The van der Waals surface area contributed by atoms with Crippen LogP contribution in [0.5, 0.6) is 0 Å². The molecule has 0 bridgehead atoms. The molecule has 148 valence electrons. The highest BCUT2D eigenvalue weighted by Crippen LogP contribution is 2.38. The van der Waals surface area contributed by atoms with Crippen LogP contribution in [0.1, 0.15) is 29.0 Å². The van der Waals surface area contributed by atoms with Crippen LogP contribution in [0.25, 0.3) is 0 Å². The van der Waals surface area contributed by atoms with Gasteiger partial charge in [0.25, 0.3) is 5.91 Å². The van der Waals surface area contributed by atoms with Gasteiger partial charge in [0.05, 0.1) is 10.0 Å². The minimum absolute atomic E-state index is 0.0136. The second kappa shape index (κ2) is 7.92. The molecule has 0 aliphatic carbocycles. The maximum atomic E-state index is 12.5. The summed E-state index contributed by atoms with van der Waals surface area (Å²) in [5, 5.41) is 15.8. The number of nitrogens with one attached hydrogen (secondary N) is 3. The van der Waals surface area contributed by atoms with E-state index in [0.29, 0.717) is 36.6 Å². The molecule has 0 saturated carbocycles. The van der Waals surface area contributed by atoms with Gasteiger partial charge in [-0.05, 0) is 19.8 Å². The zero-order chi connectivity index (χ0) is 19.8. The van der Waals surface area contributed by atoms with Gasteiger partial charge in [-0.3, -0.25) is 9.69 Å². The van der Waals surface area contributed by atoms with Crippen LogP contribution in [0, 0.1) is 6.92 Å². The molecule has 11 heteroatoms. The van der Waals surface area contributed by atoms with Gasteiger partial charge < -0.3 is 26.5 Å². The molecule has 8 nitrogen and oxygen atoms in total. The molecule has 1 fully saturated rings. The quantitative estimate of drug-likeness (QED) is 0.478. The lowest BCUT2D eigenvalue weighted by atomic mass is 10.0. The maximum absolute atomic E-state index is 12.5. The Hall–Kier alpha value is -1.39. The number of carbonyl (C=O) groups excluding carboxylic acids is 1. The van der Waals surface area contributed by atoms with E-state index in [1.165, 1.54) is 18.0 Å². The molecule has 1 amide bonds. The minimum Gasteiger partial charge on any atom is -0.477 e. The fourth-order valence-electron chi connectivity index (χ4n) is 3.28. The summed E-state index contributed by atoms with van der Waals surface area (Å²) in [6.45, 7) is 3.35. The third kappa shape index (κ3) is 3.93. The Kier molecular flexibility index (Phi) is 5.97. The number of carbonyl (C=O) groups is 2. The van der Waals surface area contributed by atoms with Gasteiger partial charge in [-0.25, -0.2) is 4.79 Å². The number of nitrogens with two attached hydrogens (primary N) is 1. The zero-order valence-electron chi connectivity index (χ0n) is 14.6. The number of H-pyrrole nitrogens is 1. The van der Waals surface area contributed by atoms with Crippen LogP contribution in [0.15, 0.2) is 11.1 Å². The topological polar surface area (TPSA) is 123 Å². The van der Waals surface area contributed by atoms with Crippen LogP contribution >= 0.6 is 35.0 Å². The number of amides is 1. The van der Waals surface area contributed by atoms with E-state index in [1.807, 2.05) is 0 Å². The molecule has 0 aromatic carbocycles. The molecule has 27 heavy (non-hydrogen) atoms. The SMILES string of the molecule is Cc1[nH]c(C(=O)NC2CCN(C3(CN)NC=C(C(=O)O)S3)CC2)c(Cl)c1Cl. The Bertz CT molecular complexity index is 791. The van der Waals surface area contributed by atoms with Crippen molar-refractivity contribution in [1.29, 1.82) is 0 Å². The van der Waals surface area contributed by atoms with Gasteiger partial charge in [0.2, 0.25) is 0 Å². The van der Waals surface area contributed by atoms with Crippen LogP contribution in [0.2, 0.25) is 10.0 Å². The van der Waals surface area contributed by atoms with Crippen molar-refractivity contribution < 1.29 is 14.7 Å². The van der Waals surface area contributed by atoms with E-state index in [9.17, 15) is 14.7 Å². The van der Waals surface area contributed by atoms with Crippen molar-refractivity contribution in [3.05, 3.63) is 32.5 Å². The van der Waals surface area contributed by atoms with Gasteiger partial charge in [0.15, 0.2) is 4.99 Å². The van der Waals surface area contributed by atoms with Crippen LogP contribution in [-0.2, 0) is 4.79 Å². The molecule has 1 saturated heterocycles. The first-order valence-electron chi connectivity index (χ1n) is 8.47. The second-order valence-corrected chi connectivity index (χ2v) is 8.61. The summed E-state index contributed by atoms with van der Waals surface area (Å²) in [4.78, 5) is 28.3. The van der Waals surface area contributed by atoms with Crippen LogP contribution in [0.3, 0.4) is 0 Å². The molecule has 6 N–H and O–H groups in total. The number of aryl methyl sites for hydroxylation is 1. The van der Waals surface area contributed by atoms with E-state index in [2.05, 4.69) is 20.5 Å². The Labute approximate surface area is 170 Å². The summed E-state index contributed by atoms with van der Waals surface area (Å²) >= 11 is 13.3. The third-order valence-electron chi connectivity index (χ3n) is 4.82. The molecule has 3 heterocycles. The van der Waals surface area contributed by atoms with Crippen LogP contribution < -0.4 is 16.4 Å². The van der Waals surface area contributed by atoms with Gasteiger partial charge >= 0.3 is 5.97 Å². The lowest BCUT2D eigenvalue weighted by Crippen LogP contribution is -2.61. The molecule has 0 spiro atoms. The standard InChI is InChI=1S/C16H21Cl2N5O3S/c1-8-11(17)12(18)13(21-8)14(24)22-9-2-4-23(5-3-9)16(7-19)20-6-10(27-16)15(25)26/h6,9,20-21H,2-5,7,19H2,1H3,(H,22,24)(H,25,26). The number of aromatic nitrogens is 1. The molecular weight excluding hydrogens is 413 g/mol. The first-order valence-corrected chi connectivity index (χ1v) is 10.0. The van der Waals surface area contributed by atoms with Gasteiger partial charge in [-0.15, -0.1) is 0 Å². The van der Waals surface area contributed by atoms with E-state index in [1.54, 1.807) is 6.92 Å². The Morgan fingerprint density at radius 3 is 2.56 bits per heavy atom. The average molecular weight is 434 g/mol. The molecular formula is C16H21Cl2N5O3S. The zero-order valence-corrected chi connectivity index (χ0v) is 17.0. The van der Waals surface area contributed by atoms with E-state index < -0.39 is 11.0 Å². The first kappa shape index (κ1) is 20.3. The number of halogens is 2. The number of piperidine rings is 1. The van der Waals surface area contributed by atoms with Crippen molar-refractivity contribution in [2.45, 2.75) is 30.8 Å². The predicted molar refractivity (Wildman–Crippen MR) is 106 cm³/mol. The number of aliphatic carboxylic acids is 1. The van der Waals surface area contributed by atoms with Crippen molar-refractivity contribution in [3.8, 4) is 0 Å². The van der Waals surface area contributed by atoms with Crippen LogP contribution in [-0.4, -0.2) is 57.5 Å². The van der Waals surface area contributed by atoms with E-state index in [0.717, 1.165) is 0 Å². The smallest absolute Gasteiger partial charge is 0.343 e. The second-order valence-electron chi connectivity index (χ2n) is 6.54. The number of carboxylic acids is 1. The Balaban J connectivity index is 1.58. The summed E-state index contributed by atoms with van der Waals surface area (Å²) in [6.07, 6.45) is 2.92. The van der Waals surface area contributed by atoms with Gasteiger partial charge in [-0.1, -0.05) is 35.0 Å². The number of thioether (sulfide) groups is 1. The summed E-state index contributed by atoms with van der Waals surface area (Å²) in [6, 6.07) is -0.0136. The molecule has 1 aromatic heterocycles. The number of carboxylic acid groups (broad SMARTS) is 1. The number of rotatable bonds is 5. The Morgan fingerprint density at radius 1 is 1.41 bits per heavy atom. The van der Waals surface area contributed by atoms with Crippen molar-refractivity contribution in [1.82, 2.24) is 20.5 Å². The summed E-state index contributed by atoms with van der Waals surface area (Å²) in [5.41, 5.74) is 6.85. The minimum atomic E-state index is -0.971. The highest BCUT2D eigenvalue weighted by Gasteiger charge is 2.43. The molecule has 2 aliphatic heterocycles. The maximum Gasteiger partial charge on any atom is 0.343 e. The molecule has 2 aliphatic rings. The number of aromatic amines is 1. The Morgan fingerprint density at radius 2 is 2.07 bits per heavy atom. The largest absolute Gasteiger partial charge is 0.477 e. The highest BCUT2D eigenvalue weighted by atomic mass is 35.5. The summed E-state index contributed by atoms with van der Waals surface area (Å²) < 4.78 is 0. The van der Waals surface area contributed by atoms with Crippen LogP contribution in [0.4, 0.5) is 0 Å². The lowest BCUT2D eigenvalue weighted by molar-refractivity contribution is -0.131. The predicted octanol–water partition coefficient (Wildman–Crippen LogP) is 1.70. The fourth-order valence-corrected chi connectivity index (χ4v) is 4.78. The molecule has 1 unspecified atom stereocenters. The first-order chi connectivity index (χ1) is 12.8. The monoisotopic (exact) mass is 433 g/mol. The van der Waals surface area contributed by atoms with Gasteiger partial charge in [-0.2, -0.15) is 0 Å². The number of nitrogens with zero attached hydrogens (tertiary/aromatic N) is 1. The highest BCUT2D eigenvalue weighted by molar-refractivity contribution is 8.05. The molecule has 1 aromatic rings. The summed E-state index contributed by atoms with van der Waals surface area (Å²) in [7, 11) is 0. The van der Waals surface area contributed by atoms with Crippen molar-refractivity contribution in [3.63, 3.8) is 0 Å². The van der Waals surface area contributed by atoms with E-state index in [-0.39, 0.29) is 34.1 Å². The van der Waals surface area contributed by atoms with Crippen molar-refractivity contribution >= 4 is 46.8 Å². The average Bonchev–Trinajstić information content (AvgIpc) is 3.21. The molecule has 3 rings (SSSR count). The van der Waals surface area contributed by atoms with E-state index in [4.69, 9.17) is 28.9 Å². The number of likely N-dealkylation sites (tertiary alicyclic amines) is 1. The van der Waals surface area contributed by atoms with Gasteiger partial charge in [0.1, 0.15) is 10.6 Å². The molecule has 0 radical (unpaired) electrons. The van der Waals surface area contributed by atoms with Crippen molar-refractivity contribution in [2.24, 2.45) is 5.73 Å². The fraction of sp³-hybridized carbons (Fsp3) is 0.500. The van der Waals surface area contributed by atoms with Gasteiger partial charge in [0, 0.05) is 37.6 Å². The lowest BCUT2D eigenvalue weighted by Gasteiger charge is -2.43.